The second-order valence-electron chi connectivity index (χ2n) is 4.15. The Balaban J connectivity index is 1.96. The fourth-order valence-corrected chi connectivity index (χ4v) is 2.45. The van der Waals surface area contributed by atoms with Crippen molar-refractivity contribution in [3.8, 4) is 0 Å². The Kier molecular flexibility index (Phi) is 3.72. The Hall–Kier alpha value is -0.450. The summed E-state index contributed by atoms with van der Waals surface area (Å²) in [6.07, 6.45) is 6.10. The van der Waals surface area contributed by atoms with E-state index < -0.39 is 0 Å². The molecule has 15 heavy (non-hydrogen) atoms. The van der Waals surface area contributed by atoms with Gasteiger partial charge in [0.15, 0.2) is 0 Å². The van der Waals surface area contributed by atoms with Crippen LogP contribution in [0.15, 0.2) is 22.9 Å². The van der Waals surface area contributed by atoms with Gasteiger partial charge in [0.05, 0.1) is 0 Å². The maximum Gasteiger partial charge on any atom is 0.0410 e. The third kappa shape index (κ3) is 3.26. The van der Waals surface area contributed by atoms with Crippen LogP contribution in [-0.4, -0.2) is 29.0 Å². The van der Waals surface area contributed by atoms with Crippen molar-refractivity contribution in [3.63, 3.8) is 0 Å². The monoisotopic (exact) mass is 269 g/mol. The summed E-state index contributed by atoms with van der Waals surface area (Å²) in [6, 6.07) is 2.46. The van der Waals surface area contributed by atoms with Crippen molar-refractivity contribution < 1.29 is 0 Å². The molecular formula is C11H16BrN3. The summed E-state index contributed by atoms with van der Waals surface area (Å²) in [5.74, 6) is 0. The molecule has 0 aliphatic carbocycles. The molecule has 0 radical (unpaired) electrons. The molecular weight excluding hydrogens is 254 g/mol. The van der Waals surface area contributed by atoms with Crippen molar-refractivity contribution in [3.05, 3.63) is 28.5 Å². The minimum atomic E-state index is 0.346. The molecule has 0 bridgehead atoms. The van der Waals surface area contributed by atoms with Crippen LogP contribution in [0.5, 0.6) is 0 Å². The fourth-order valence-electron chi connectivity index (χ4n) is 2.04. The highest BCUT2D eigenvalue weighted by molar-refractivity contribution is 9.10. The Bertz CT molecular complexity index is 329. The number of hydrogen-bond acceptors (Lipinski definition) is 3. The van der Waals surface area contributed by atoms with E-state index in [9.17, 15) is 0 Å². The van der Waals surface area contributed by atoms with Crippen molar-refractivity contribution in [2.24, 2.45) is 5.73 Å². The number of hydrogen-bond donors (Lipinski definition) is 1. The molecule has 3 nitrogen and oxygen atoms in total. The molecule has 1 aromatic heterocycles. The molecule has 0 saturated carbocycles. The molecule has 1 aliphatic rings. The Morgan fingerprint density at radius 1 is 1.53 bits per heavy atom. The summed E-state index contributed by atoms with van der Waals surface area (Å²) in [7, 11) is 0. The van der Waals surface area contributed by atoms with E-state index in [-0.39, 0.29) is 0 Å². The van der Waals surface area contributed by atoms with Crippen LogP contribution < -0.4 is 5.73 Å². The molecule has 1 aromatic rings. The van der Waals surface area contributed by atoms with Gasteiger partial charge in [-0.3, -0.25) is 9.88 Å². The summed E-state index contributed by atoms with van der Waals surface area (Å²) >= 11 is 3.43. The molecule has 2 N–H and O–H groups in total. The predicted octanol–water partition coefficient (Wildman–Crippen LogP) is 1.77. The van der Waals surface area contributed by atoms with Crippen LogP contribution in [0.2, 0.25) is 0 Å². The van der Waals surface area contributed by atoms with Gasteiger partial charge >= 0.3 is 0 Å². The van der Waals surface area contributed by atoms with Gasteiger partial charge in [-0.1, -0.05) is 0 Å². The van der Waals surface area contributed by atoms with Crippen molar-refractivity contribution >= 4 is 15.9 Å². The van der Waals surface area contributed by atoms with Crippen molar-refractivity contribution in [1.29, 1.82) is 0 Å². The number of nitrogens with two attached hydrogens (primary N) is 1. The number of piperidine rings is 1. The summed E-state index contributed by atoms with van der Waals surface area (Å²) in [6.45, 7) is 3.12. The van der Waals surface area contributed by atoms with Crippen LogP contribution in [0, 0.1) is 0 Å². The summed E-state index contributed by atoms with van der Waals surface area (Å²) in [4.78, 5) is 6.56. The molecule has 1 atom stereocenters. The highest BCUT2D eigenvalue weighted by Gasteiger charge is 2.16. The number of pyridine rings is 1. The minimum absolute atomic E-state index is 0.346. The largest absolute Gasteiger partial charge is 0.327 e. The average Bonchev–Trinajstić information content (AvgIpc) is 2.17. The Morgan fingerprint density at radius 3 is 3.13 bits per heavy atom. The minimum Gasteiger partial charge on any atom is -0.327 e. The first kappa shape index (κ1) is 11.0. The normalized spacial score (nSPS) is 22.9. The molecule has 0 aromatic carbocycles. The molecule has 2 heterocycles. The SMILES string of the molecule is NC1CCCN(Cc2cncc(Br)c2)C1. The van der Waals surface area contributed by atoms with E-state index in [1.807, 2.05) is 12.4 Å². The highest BCUT2D eigenvalue weighted by Crippen LogP contribution is 2.14. The lowest BCUT2D eigenvalue weighted by Gasteiger charge is -2.30. The van der Waals surface area contributed by atoms with Crippen LogP contribution in [0.3, 0.4) is 0 Å². The Labute approximate surface area is 98.8 Å². The fraction of sp³-hybridized carbons (Fsp3) is 0.545. The third-order valence-electron chi connectivity index (χ3n) is 2.71. The number of rotatable bonds is 2. The lowest BCUT2D eigenvalue weighted by Crippen LogP contribution is -2.42. The topological polar surface area (TPSA) is 42.1 Å². The van der Waals surface area contributed by atoms with E-state index in [2.05, 4.69) is 31.9 Å². The van der Waals surface area contributed by atoms with Crippen LogP contribution in [-0.2, 0) is 6.54 Å². The lowest BCUT2D eigenvalue weighted by molar-refractivity contribution is 0.201. The van der Waals surface area contributed by atoms with Crippen LogP contribution in [0.25, 0.3) is 0 Å². The first-order valence-electron chi connectivity index (χ1n) is 5.31. The predicted molar refractivity (Wildman–Crippen MR) is 64.4 cm³/mol. The van der Waals surface area contributed by atoms with Gasteiger partial charge in [0.2, 0.25) is 0 Å². The number of likely N-dealkylation sites (tertiary alicyclic amines) is 1. The van der Waals surface area contributed by atoms with E-state index in [4.69, 9.17) is 5.73 Å². The first-order chi connectivity index (χ1) is 7.24. The maximum atomic E-state index is 5.94. The quantitative estimate of drug-likeness (QED) is 0.890. The average molecular weight is 270 g/mol. The van der Waals surface area contributed by atoms with Crippen LogP contribution in [0.4, 0.5) is 0 Å². The zero-order chi connectivity index (χ0) is 10.7. The van der Waals surface area contributed by atoms with Crippen molar-refractivity contribution in [2.45, 2.75) is 25.4 Å². The summed E-state index contributed by atoms with van der Waals surface area (Å²) < 4.78 is 1.04. The number of nitrogens with zero attached hydrogens (tertiary/aromatic N) is 2. The van der Waals surface area contributed by atoms with E-state index in [0.29, 0.717) is 6.04 Å². The van der Waals surface area contributed by atoms with Gasteiger partial charge in [-0.25, -0.2) is 0 Å². The highest BCUT2D eigenvalue weighted by atomic mass is 79.9. The molecule has 2 rings (SSSR count). The molecule has 0 amide bonds. The summed E-state index contributed by atoms with van der Waals surface area (Å²) in [5.41, 5.74) is 7.19. The van der Waals surface area contributed by atoms with Gasteiger partial charge in [-0.2, -0.15) is 0 Å². The second kappa shape index (κ2) is 5.05. The van der Waals surface area contributed by atoms with Gasteiger partial charge in [0, 0.05) is 36.0 Å². The zero-order valence-electron chi connectivity index (χ0n) is 8.69. The van der Waals surface area contributed by atoms with Gasteiger partial charge in [0.25, 0.3) is 0 Å². The van der Waals surface area contributed by atoms with E-state index in [1.54, 1.807) is 0 Å². The number of aromatic nitrogens is 1. The molecule has 1 aliphatic heterocycles. The van der Waals surface area contributed by atoms with Gasteiger partial charge in [-0.05, 0) is 46.9 Å². The number of halogens is 1. The third-order valence-corrected chi connectivity index (χ3v) is 3.14. The van der Waals surface area contributed by atoms with Crippen molar-refractivity contribution in [2.75, 3.05) is 13.1 Å². The van der Waals surface area contributed by atoms with Gasteiger partial charge in [-0.15, -0.1) is 0 Å². The summed E-state index contributed by atoms with van der Waals surface area (Å²) in [5, 5.41) is 0. The molecule has 1 fully saturated rings. The lowest BCUT2D eigenvalue weighted by atomic mass is 10.1. The smallest absolute Gasteiger partial charge is 0.0410 e. The molecule has 1 saturated heterocycles. The zero-order valence-corrected chi connectivity index (χ0v) is 10.3. The van der Waals surface area contributed by atoms with Crippen molar-refractivity contribution in [1.82, 2.24) is 9.88 Å². The van der Waals surface area contributed by atoms with E-state index in [1.165, 1.54) is 12.0 Å². The van der Waals surface area contributed by atoms with E-state index >= 15 is 0 Å². The van der Waals surface area contributed by atoms with Gasteiger partial charge in [0.1, 0.15) is 0 Å². The molecule has 1 unspecified atom stereocenters. The molecule has 0 spiro atoms. The van der Waals surface area contributed by atoms with E-state index in [0.717, 1.165) is 30.5 Å². The molecule has 4 heteroatoms. The Morgan fingerprint density at radius 2 is 2.40 bits per heavy atom. The molecule has 82 valence electrons. The van der Waals surface area contributed by atoms with Gasteiger partial charge < -0.3 is 5.73 Å². The van der Waals surface area contributed by atoms with Crippen LogP contribution >= 0.6 is 15.9 Å². The maximum absolute atomic E-state index is 5.94. The van der Waals surface area contributed by atoms with Crippen LogP contribution in [0.1, 0.15) is 18.4 Å². The standard InChI is InChI=1S/C11H16BrN3/c12-10-4-9(5-14-6-10)7-15-3-1-2-11(13)8-15/h4-6,11H,1-3,7-8,13H2. The second-order valence-corrected chi connectivity index (χ2v) is 5.06. The first-order valence-corrected chi connectivity index (χ1v) is 6.11.